The fourth-order valence-electron chi connectivity index (χ4n) is 1.61. The second-order valence-corrected chi connectivity index (χ2v) is 2.85. The molecule has 0 aromatic heterocycles. The van der Waals surface area contributed by atoms with Crippen LogP contribution >= 0.6 is 0 Å². The van der Waals surface area contributed by atoms with Crippen LogP contribution in [0.15, 0.2) is 29.4 Å². The molecule has 0 spiro atoms. The van der Waals surface area contributed by atoms with Gasteiger partial charge in [-0.05, 0) is 25.3 Å². The fraction of sp³-hybridized carbons (Fsp3) is 0.444. The highest BCUT2D eigenvalue weighted by atomic mass is 14.7. The minimum absolute atomic E-state index is 0.662. The van der Waals surface area contributed by atoms with E-state index in [0.29, 0.717) is 5.92 Å². The smallest absolute Gasteiger partial charge is 0.0267 e. The summed E-state index contributed by atoms with van der Waals surface area (Å²) >= 11 is 0. The topological polar surface area (TPSA) is 12.4 Å². The molecule has 1 atom stereocenters. The van der Waals surface area contributed by atoms with Crippen LogP contribution in [0.4, 0.5) is 0 Å². The van der Waals surface area contributed by atoms with Gasteiger partial charge in [-0.2, -0.15) is 0 Å². The third kappa shape index (κ3) is 0.919. The molecule has 10 heavy (non-hydrogen) atoms. The molecule has 0 saturated heterocycles. The van der Waals surface area contributed by atoms with E-state index < -0.39 is 0 Å². The van der Waals surface area contributed by atoms with Crippen molar-refractivity contribution in [2.24, 2.45) is 10.9 Å². The SMILES string of the molecule is C1=CN=C2CCCC2C=C1. The number of rotatable bonds is 0. The number of allylic oxidation sites excluding steroid dienone is 3. The zero-order valence-electron chi connectivity index (χ0n) is 5.96. The molecule has 0 aromatic carbocycles. The van der Waals surface area contributed by atoms with E-state index >= 15 is 0 Å². The summed E-state index contributed by atoms with van der Waals surface area (Å²) in [5, 5.41) is 0. The van der Waals surface area contributed by atoms with Crippen molar-refractivity contribution in [3.8, 4) is 0 Å². The lowest BCUT2D eigenvalue weighted by atomic mass is 10.1. The van der Waals surface area contributed by atoms with Crippen molar-refractivity contribution in [2.45, 2.75) is 19.3 Å². The first-order valence-corrected chi connectivity index (χ1v) is 3.87. The van der Waals surface area contributed by atoms with Crippen LogP contribution in [0, 0.1) is 5.92 Å². The maximum Gasteiger partial charge on any atom is 0.0267 e. The molecule has 0 radical (unpaired) electrons. The Labute approximate surface area is 61.2 Å². The first kappa shape index (κ1) is 5.90. The lowest BCUT2D eigenvalue weighted by Gasteiger charge is -2.00. The van der Waals surface area contributed by atoms with Crippen LogP contribution in [0.1, 0.15) is 19.3 Å². The molecule has 1 saturated carbocycles. The second-order valence-electron chi connectivity index (χ2n) is 2.85. The van der Waals surface area contributed by atoms with Gasteiger partial charge in [0.1, 0.15) is 0 Å². The summed E-state index contributed by atoms with van der Waals surface area (Å²) in [6.07, 6.45) is 12.1. The predicted molar refractivity (Wildman–Crippen MR) is 43.1 cm³/mol. The second kappa shape index (κ2) is 2.41. The maximum atomic E-state index is 4.36. The molecule has 0 bridgehead atoms. The molecule has 1 heteroatoms. The first-order valence-electron chi connectivity index (χ1n) is 3.87. The molecular weight excluding hydrogens is 122 g/mol. The van der Waals surface area contributed by atoms with Gasteiger partial charge in [0.15, 0.2) is 0 Å². The van der Waals surface area contributed by atoms with Crippen LogP contribution in [0.25, 0.3) is 0 Å². The Morgan fingerprint density at radius 3 is 3.40 bits per heavy atom. The van der Waals surface area contributed by atoms with Crippen molar-refractivity contribution in [2.75, 3.05) is 0 Å². The van der Waals surface area contributed by atoms with Crippen molar-refractivity contribution in [1.82, 2.24) is 0 Å². The largest absolute Gasteiger partial charge is 0.265 e. The summed E-state index contributed by atoms with van der Waals surface area (Å²) in [7, 11) is 0. The Balaban J connectivity index is 2.29. The van der Waals surface area contributed by atoms with E-state index in [2.05, 4.69) is 17.1 Å². The monoisotopic (exact) mass is 133 g/mol. The maximum absolute atomic E-state index is 4.36. The molecule has 0 N–H and O–H groups in total. The molecule has 1 heterocycles. The van der Waals surface area contributed by atoms with Crippen LogP contribution < -0.4 is 0 Å². The standard InChI is InChI=1S/C9H11N/c1-2-7-10-9-6-3-5-8(9)4-1/h1-2,4,7-8H,3,5-6H2. The Morgan fingerprint density at radius 1 is 1.40 bits per heavy atom. The molecule has 1 nitrogen and oxygen atoms in total. The molecule has 2 aliphatic rings. The summed E-state index contributed by atoms with van der Waals surface area (Å²) < 4.78 is 0. The van der Waals surface area contributed by atoms with Gasteiger partial charge in [-0.3, -0.25) is 4.99 Å². The molecular formula is C9H11N. The van der Waals surface area contributed by atoms with Gasteiger partial charge >= 0.3 is 0 Å². The normalized spacial score (nSPS) is 29.6. The van der Waals surface area contributed by atoms with E-state index in [9.17, 15) is 0 Å². The zero-order valence-corrected chi connectivity index (χ0v) is 5.96. The van der Waals surface area contributed by atoms with E-state index in [1.165, 1.54) is 25.0 Å². The van der Waals surface area contributed by atoms with E-state index in [-0.39, 0.29) is 0 Å². The van der Waals surface area contributed by atoms with Crippen molar-refractivity contribution in [3.63, 3.8) is 0 Å². The van der Waals surface area contributed by atoms with Crippen LogP contribution in [0.2, 0.25) is 0 Å². The lowest BCUT2D eigenvalue weighted by Crippen LogP contribution is -2.01. The van der Waals surface area contributed by atoms with Crippen molar-refractivity contribution >= 4 is 5.71 Å². The van der Waals surface area contributed by atoms with Gasteiger partial charge in [0.05, 0.1) is 0 Å². The van der Waals surface area contributed by atoms with Crippen molar-refractivity contribution in [1.29, 1.82) is 0 Å². The van der Waals surface area contributed by atoms with Gasteiger partial charge in [-0.15, -0.1) is 0 Å². The molecule has 0 aromatic rings. The highest BCUT2D eigenvalue weighted by Crippen LogP contribution is 2.24. The van der Waals surface area contributed by atoms with E-state index in [1.807, 2.05) is 12.3 Å². The third-order valence-corrected chi connectivity index (χ3v) is 2.16. The number of nitrogens with zero attached hydrogens (tertiary/aromatic N) is 1. The quantitative estimate of drug-likeness (QED) is 0.481. The number of fused-ring (bicyclic) bond motifs is 1. The summed E-state index contributed by atoms with van der Waals surface area (Å²) in [5.74, 6) is 0.662. The summed E-state index contributed by atoms with van der Waals surface area (Å²) in [4.78, 5) is 4.36. The van der Waals surface area contributed by atoms with Gasteiger partial charge < -0.3 is 0 Å². The highest BCUT2D eigenvalue weighted by Gasteiger charge is 2.19. The van der Waals surface area contributed by atoms with E-state index in [0.717, 1.165) is 0 Å². The summed E-state index contributed by atoms with van der Waals surface area (Å²) in [5.41, 5.74) is 1.38. The van der Waals surface area contributed by atoms with Gasteiger partial charge in [-0.25, -0.2) is 0 Å². The Kier molecular flexibility index (Phi) is 1.42. The number of hydrogen-bond acceptors (Lipinski definition) is 1. The van der Waals surface area contributed by atoms with E-state index in [4.69, 9.17) is 0 Å². The Morgan fingerprint density at radius 2 is 2.40 bits per heavy atom. The van der Waals surface area contributed by atoms with Crippen molar-refractivity contribution < 1.29 is 0 Å². The summed E-state index contributed by atoms with van der Waals surface area (Å²) in [6.45, 7) is 0. The molecule has 1 fully saturated rings. The fourth-order valence-corrected chi connectivity index (χ4v) is 1.61. The lowest BCUT2D eigenvalue weighted by molar-refractivity contribution is 0.786. The van der Waals surface area contributed by atoms with Crippen LogP contribution in [0.5, 0.6) is 0 Å². The molecule has 0 amide bonds. The van der Waals surface area contributed by atoms with Crippen molar-refractivity contribution in [3.05, 3.63) is 24.4 Å². The van der Waals surface area contributed by atoms with Gasteiger partial charge in [-0.1, -0.05) is 12.2 Å². The number of aliphatic imine (C=N–C) groups is 1. The van der Waals surface area contributed by atoms with Gasteiger partial charge in [0.2, 0.25) is 0 Å². The minimum atomic E-state index is 0.662. The first-order chi connectivity index (χ1) is 4.97. The average Bonchev–Trinajstić information content (AvgIpc) is 2.28. The van der Waals surface area contributed by atoms with Crippen LogP contribution in [-0.2, 0) is 0 Å². The highest BCUT2D eigenvalue weighted by molar-refractivity contribution is 5.90. The third-order valence-electron chi connectivity index (χ3n) is 2.16. The zero-order chi connectivity index (χ0) is 6.81. The Bertz CT molecular complexity index is 211. The van der Waals surface area contributed by atoms with Crippen LogP contribution in [0.3, 0.4) is 0 Å². The molecule has 1 aliphatic carbocycles. The molecule has 1 aliphatic heterocycles. The average molecular weight is 133 g/mol. The minimum Gasteiger partial charge on any atom is -0.265 e. The van der Waals surface area contributed by atoms with Gasteiger partial charge in [0.25, 0.3) is 0 Å². The summed E-state index contributed by atoms with van der Waals surface area (Å²) in [6, 6.07) is 0. The molecule has 52 valence electrons. The predicted octanol–water partition coefficient (Wildman–Crippen LogP) is 2.31. The number of hydrogen-bond donors (Lipinski definition) is 0. The Hall–Kier alpha value is -0.850. The molecule has 2 rings (SSSR count). The van der Waals surface area contributed by atoms with E-state index in [1.54, 1.807) is 0 Å². The molecule has 1 unspecified atom stereocenters. The van der Waals surface area contributed by atoms with Crippen LogP contribution in [-0.4, -0.2) is 5.71 Å². The van der Waals surface area contributed by atoms with Gasteiger partial charge in [0, 0.05) is 17.8 Å².